The normalized spacial score (nSPS) is 21.4. The molecule has 0 aromatic heterocycles. The Kier molecular flexibility index (Phi) is 3.02. The zero-order valence-corrected chi connectivity index (χ0v) is 9.03. The van der Waals surface area contributed by atoms with Crippen LogP contribution in [0.15, 0.2) is 30.3 Å². The Balaban J connectivity index is 2.08. The van der Waals surface area contributed by atoms with Gasteiger partial charge in [0.1, 0.15) is 5.84 Å². The zero-order chi connectivity index (χ0) is 10.7. The molecule has 1 heterocycles. The maximum absolute atomic E-state index is 8.11. The van der Waals surface area contributed by atoms with Gasteiger partial charge in [-0.3, -0.25) is 5.41 Å². The molecule has 1 aromatic rings. The third-order valence-electron chi connectivity index (χ3n) is 2.73. The van der Waals surface area contributed by atoms with Crippen LogP contribution in [-0.4, -0.2) is 36.4 Å². The van der Waals surface area contributed by atoms with Gasteiger partial charge < -0.3 is 10.2 Å². The van der Waals surface area contributed by atoms with Crippen LogP contribution in [0, 0.1) is 5.41 Å². The number of hydrogen-bond acceptors (Lipinski definition) is 2. The van der Waals surface area contributed by atoms with Crippen LogP contribution in [0.25, 0.3) is 0 Å². The van der Waals surface area contributed by atoms with Crippen molar-refractivity contribution in [1.82, 2.24) is 10.2 Å². The Morgan fingerprint density at radius 2 is 2.13 bits per heavy atom. The number of amidine groups is 1. The molecule has 0 unspecified atom stereocenters. The molecular weight excluding hydrogens is 186 g/mol. The Morgan fingerprint density at radius 3 is 2.80 bits per heavy atom. The molecule has 0 bridgehead atoms. The molecule has 1 aliphatic rings. The summed E-state index contributed by atoms with van der Waals surface area (Å²) in [6.07, 6.45) is 0. The Morgan fingerprint density at radius 1 is 1.40 bits per heavy atom. The lowest BCUT2D eigenvalue weighted by molar-refractivity contribution is 0.303. The van der Waals surface area contributed by atoms with E-state index in [9.17, 15) is 0 Å². The molecule has 1 fully saturated rings. The van der Waals surface area contributed by atoms with E-state index in [1.807, 2.05) is 30.3 Å². The van der Waals surface area contributed by atoms with Crippen molar-refractivity contribution in [2.45, 2.75) is 13.0 Å². The Labute approximate surface area is 90.6 Å². The Bertz CT molecular complexity index is 334. The van der Waals surface area contributed by atoms with Crippen LogP contribution >= 0.6 is 0 Å². The average molecular weight is 203 g/mol. The standard InChI is InChI=1S/C12H17N3/c1-10-9-15(8-7-14-10)12(13)11-5-3-2-4-6-11/h2-6,10,13-14H,7-9H2,1H3/t10-/m1/s1. The van der Waals surface area contributed by atoms with E-state index in [0.29, 0.717) is 11.9 Å². The molecule has 3 heteroatoms. The van der Waals surface area contributed by atoms with Crippen LogP contribution in [0.1, 0.15) is 12.5 Å². The minimum absolute atomic E-state index is 0.475. The van der Waals surface area contributed by atoms with Crippen molar-refractivity contribution in [2.75, 3.05) is 19.6 Å². The summed E-state index contributed by atoms with van der Waals surface area (Å²) >= 11 is 0. The molecule has 1 aromatic carbocycles. The Hall–Kier alpha value is -1.35. The maximum atomic E-state index is 8.11. The first kappa shape index (κ1) is 10.2. The molecule has 80 valence electrons. The van der Waals surface area contributed by atoms with Gasteiger partial charge in [0.25, 0.3) is 0 Å². The summed E-state index contributed by atoms with van der Waals surface area (Å²) in [5.41, 5.74) is 1.01. The SMILES string of the molecule is C[C@@H]1CN(C(=N)c2ccccc2)CCN1. The van der Waals surface area contributed by atoms with Crippen LogP contribution < -0.4 is 5.32 Å². The van der Waals surface area contributed by atoms with E-state index in [-0.39, 0.29) is 0 Å². The third-order valence-corrected chi connectivity index (χ3v) is 2.73. The van der Waals surface area contributed by atoms with Crippen molar-refractivity contribution in [3.05, 3.63) is 35.9 Å². The van der Waals surface area contributed by atoms with Crippen molar-refractivity contribution in [2.24, 2.45) is 0 Å². The summed E-state index contributed by atoms with van der Waals surface area (Å²) in [5.74, 6) is 0.643. The summed E-state index contributed by atoms with van der Waals surface area (Å²) in [7, 11) is 0. The quantitative estimate of drug-likeness (QED) is 0.533. The van der Waals surface area contributed by atoms with Gasteiger partial charge in [0.15, 0.2) is 0 Å². The molecule has 1 atom stereocenters. The second kappa shape index (κ2) is 4.45. The van der Waals surface area contributed by atoms with Crippen LogP contribution in [0.5, 0.6) is 0 Å². The summed E-state index contributed by atoms with van der Waals surface area (Å²) in [6, 6.07) is 10.4. The molecule has 0 amide bonds. The van der Waals surface area contributed by atoms with Crippen LogP contribution in [0.2, 0.25) is 0 Å². The predicted molar refractivity (Wildman–Crippen MR) is 62.3 cm³/mol. The lowest BCUT2D eigenvalue weighted by Crippen LogP contribution is -2.51. The molecule has 0 spiro atoms. The fraction of sp³-hybridized carbons (Fsp3) is 0.417. The second-order valence-electron chi connectivity index (χ2n) is 4.02. The third kappa shape index (κ3) is 2.36. The van der Waals surface area contributed by atoms with Gasteiger partial charge in [-0.25, -0.2) is 0 Å². The molecular formula is C12H17N3. The lowest BCUT2D eigenvalue weighted by atomic mass is 10.1. The molecule has 15 heavy (non-hydrogen) atoms. The predicted octanol–water partition coefficient (Wildman–Crippen LogP) is 1.31. The summed E-state index contributed by atoms with van der Waals surface area (Å²) < 4.78 is 0. The first-order chi connectivity index (χ1) is 7.27. The second-order valence-corrected chi connectivity index (χ2v) is 4.02. The van der Waals surface area contributed by atoms with Crippen molar-refractivity contribution in [1.29, 1.82) is 5.41 Å². The number of piperazine rings is 1. The minimum atomic E-state index is 0.475. The van der Waals surface area contributed by atoms with Crippen molar-refractivity contribution >= 4 is 5.84 Å². The van der Waals surface area contributed by atoms with Crippen LogP contribution in [-0.2, 0) is 0 Å². The van der Waals surface area contributed by atoms with E-state index < -0.39 is 0 Å². The van der Waals surface area contributed by atoms with E-state index in [4.69, 9.17) is 5.41 Å². The van der Waals surface area contributed by atoms with Gasteiger partial charge in [-0.2, -0.15) is 0 Å². The molecule has 0 aliphatic carbocycles. The van der Waals surface area contributed by atoms with Gasteiger partial charge in [-0.1, -0.05) is 30.3 Å². The molecule has 0 radical (unpaired) electrons. The highest BCUT2D eigenvalue weighted by Crippen LogP contribution is 2.07. The summed E-state index contributed by atoms with van der Waals surface area (Å²) in [6.45, 7) is 4.98. The van der Waals surface area contributed by atoms with Crippen molar-refractivity contribution in [3.63, 3.8) is 0 Å². The van der Waals surface area contributed by atoms with Gasteiger partial charge in [0.2, 0.25) is 0 Å². The van der Waals surface area contributed by atoms with Crippen LogP contribution in [0.3, 0.4) is 0 Å². The number of benzene rings is 1. The minimum Gasteiger partial charge on any atom is -0.354 e. The van der Waals surface area contributed by atoms with E-state index in [2.05, 4.69) is 17.1 Å². The van der Waals surface area contributed by atoms with Crippen molar-refractivity contribution in [3.8, 4) is 0 Å². The summed E-state index contributed by atoms with van der Waals surface area (Å²) in [5, 5.41) is 11.5. The highest BCUT2D eigenvalue weighted by Gasteiger charge is 2.18. The largest absolute Gasteiger partial charge is 0.354 e. The van der Waals surface area contributed by atoms with E-state index in [0.717, 1.165) is 25.2 Å². The van der Waals surface area contributed by atoms with Gasteiger partial charge in [0.05, 0.1) is 0 Å². The van der Waals surface area contributed by atoms with Gasteiger partial charge in [-0.05, 0) is 6.92 Å². The lowest BCUT2D eigenvalue weighted by Gasteiger charge is -2.33. The fourth-order valence-electron chi connectivity index (χ4n) is 1.91. The summed E-state index contributed by atoms with van der Waals surface area (Å²) in [4.78, 5) is 2.14. The van der Waals surface area contributed by atoms with Crippen LogP contribution in [0.4, 0.5) is 0 Å². The van der Waals surface area contributed by atoms with Crippen molar-refractivity contribution < 1.29 is 0 Å². The molecule has 3 nitrogen and oxygen atoms in total. The van der Waals surface area contributed by atoms with E-state index >= 15 is 0 Å². The maximum Gasteiger partial charge on any atom is 0.128 e. The molecule has 2 N–H and O–H groups in total. The number of nitrogens with one attached hydrogen (secondary N) is 2. The smallest absolute Gasteiger partial charge is 0.128 e. The number of hydrogen-bond donors (Lipinski definition) is 2. The first-order valence-electron chi connectivity index (χ1n) is 5.39. The molecule has 0 saturated carbocycles. The fourth-order valence-corrected chi connectivity index (χ4v) is 1.91. The first-order valence-corrected chi connectivity index (χ1v) is 5.39. The number of rotatable bonds is 1. The topological polar surface area (TPSA) is 39.1 Å². The van der Waals surface area contributed by atoms with Gasteiger partial charge in [-0.15, -0.1) is 0 Å². The molecule has 2 rings (SSSR count). The number of nitrogens with zero attached hydrogens (tertiary/aromatic N) is 1. The zero-order valence-electron chi connectivity index (χ0n) is 9.03. The van der Waals surface area contributed by atoms with Gasteiger partial charge in [0, 0.05) is 31.2 Å². The average Bonchev–Trinajstić information content (AvgIpc) is 2.29. The molecule has 1 aliphatic heterocycles. The monoisotopic (exact) mass is 203 g/mol. The highest BCUT2D eigenvalue weighted by atomic mass is 15.2. The highest BCUT2D eigenvalue weighted by molar-refractivity contribution is 5.96. The van der Waals surface area contributed by atoms with Gasteiger partial charge >= 0.3 is 0 Å². The molecule has 1 saturated heterocycles. The van der Waals surface area contributed by atoms with E-state index in [1.165, 1.54) is 0 Å². The van der Waals surface area contributed by atoms with E-state index in [1.54, 1.807) is 0 Å².